The SMILES string of the molecule is CC1CCN(CCCCS)CC1O. The zero-order valence-electron chi connectivity index (χ0n) is 8.45. The molecule has 1 aliphatic heterocycles. The Morgan fingerprint density at radius 3 is 2.85 bits per heavy atom. The Kier molecular flexibility index (Phi) is 5.14. The van der Waals surface area contributed by atoms with Crippen LogP contribution in [-0.4, -0.2) is 41.5 Å². The number of aliphatic hydroxyl groups excluding tert-OH is 1. The van der Waals surface area contributed by atoms with Crippen LogP contribution in [0, 0.1) is 5.92 Å². The Morgan fingerprint density at radius 2 is 2.23 bits per heavy atom. The van der Waals surface area contributed by atoms with Gasteiger partial charge in [-0.3, -0.25) is 0 Å². The number of hydrogen-bond acceptors (Lipinski definition) is 3. The van der Waals surface area contributed by atoms with Crippen LogP contribution < -0.4 is 0 Å². The Labute approximate surface area is 86.7 Å². The zero-order valence-corrected chi connectivity index (χ0v) is 9.34. The summed E-state index contributed by atoms with van der Waals surface area (Å²) in [6.07, 6.45) is 3.43. The maximum atomic E-state index is 9.65. The number of unbranched alkanes of at least 4 members (excludes halogenated alkanes) is 1. The van der Waals surface area contributed by atoms with Crippen LogP contribution >= 0.6 is 12.6 Å². The van der Waals surface area contributed by atoms with Crippen molar-refractivity contribution >= 4 is 12.6 Å². The third kappa shape index (κ3) is 3.88. The summed E-state index contributed by atoms with van der Waals surface area (Å²) in [6, 6.07) is 0. The van der Waals surface area contributed by atoms with Gasteiger partial charge in [0.2, 0.25) is 0 Å². The predicted molar refractivity (Wildman–Crippen MR) is 59.3 cm³/mol. The molecule has 1 heterocycles. The summed E-state index contributed by atoms with van der Waals surface area (Å²) in [7, 11) is 0. The molecule has 2 unspecified atom stereocenters. The highest BCUT2D eigenvalue weighted by atomic mass is 32.1. The van der Waals surface area contributed by atoms with Crippen molar-refractivity contribution in [1.82, 2.24) is 4.90 Å². The molecule has 0 saturated carbocycles. The fraction of sp³-hybridized carbons (Fsp3) is 1.00. The summed E-state index contributed by atoms with van der Waals surface area (Å²) in [5.74, 6) is 1.47. The average Bonchev–Trinajstić information content (AvgIpc) is 2.12. The molecule has 0 aliphatic carbocycles. The van der Waals surface area contributed by atoms with Gasteiger partial charge in [0.15, 0.2) is 0 Å². The Bertz CT molecular complexity index is 143. The molecule has 1 saturated heterocycles. The van der Waals surface area contributed by atoms with Crippen molar-refractivity contribution in [2.75, 3.05) is 25.4 Å². The molecule has 13 heavy (non-hydrogen) atoms. The normalized spacial score (nSPS) is 30.7. The fourth-order valence-electron chi connectivity index (χ4n) is 1.76. The molecular formula is C10H21NOS. The zero-order chi connectivity index (χ0) is 9.68. The van der Waals surface area contributed by atoms with Gasteiger partial charge in [-0.15, -0.1) is 0 Å². The topological polar surface area (TPSA) is 23.5 Å². The second-order valence-electron chi connectivity index (χ2n) is 4.06. The molecule has 2 atom stereocenters. The van der Waals surface area contributed by atoms with E-state index >= 15 is 0 Å². The van der Waals surface area contributed by atoms with E-state index in [1.807, 2.05) is 0 Å². The molecule has 0 spiro atoms. The average molecular weight is 203 g/mol. The number of thiol groups is 1. The largest absolute Gasteiger partial charge is 0.392 e. The first-order valence-electron chi connectivity index (χ1n) is 5.25. The molecule has 0 aromatic rings. The molecular weight excluding hydrogens is 182 g/mol. The van der Waals surface area contributed by atoms with E-state index in [2.05, 4.69) is 24.5 Å². The lowest BCUT2D eigenvalue weighted by Crippen LogP contribution is -2.43. The van der Waals surface area contributed by atoms with Crippen LogP contribution in [0.4, 0.5) is 0 Å². The van der Waals surface area contributed by atoms with E-state index in [0.717, 1.165) is 31.8 Å². The van der Waals surface area contributed by atoms with Crippen LogP contribution in [0.15, 0.2) is 0 Å². The van der Waals surface area contributed by atoms with Crippen LogP contribution in [0.5, 0.6) is 0 Å². The van der Waals surface area contributed by atoms with Gasteiger partial charge in [0.25, 0.3) is 0 Å². The Balaban J connectivity index is 2.14. The highest BCUT2D eigenvalue weighted by molar-refractivity contribution is 7.80. The minimum atomic E-state index is -0.107. The van der Waals surface area contributed by atoms with Gasteiger partial charge in [-0.05, 0) is 44.0 Å². The standard InChI is InChI=1S/C10H21NOS/c1-9-4-6-11(8-10(9)12)5-2-3-7-13/h9-10,12-13H,2-8H2,1H3. The summed E-state index contributed by atoms with van der Waals surface area (Å²) in [4.78, 5) is 2.37. The van der Waals surface area contributed by atoms with E-state index in [1.54, 1.807) is 0 Å². The molecule has 0 amide bonds. The lowest BCUT2D eigenvalue weighted by molar-refractivity contribution is 0.0288. The highest BCUT2D eigenvalue weighted by Gasteiger charge is 2.23. The maximum absolute atomic E-state index is 9.65. The smallest absolute Gasteiger partial charge is 0.0693 e. The number of nitrogens with zero attached hydrogens (tertiary/aromatic N) is 1. The van der Waals surface area contributed by atoms with Crippen LogP contribution in [0.2, 0.25) is 0 Å². The lowest BCUT2D eigenvalue weighted by Gasteiger charge is -2.34. The number of hydrogen-bond donors (Lipinski definition) is 2. The van der Waals surface area contributed by atoms with Crippen molar-refractivity contribution in [2.24, 2.45) is 5.92 Å². The van der Waals surface area contributed by atoms with Crippen molar-refractivity contribution in [3.8, 4) is 0 Å². The first-order chi connectivity index (χ1) is 6.24. The minimum Gasteiger partial charge on any atom is -0.392 e. The quantitative estimate of drug-likeness (QED) is 0.533. The highest BCUT2D eigenvalue weighted by Crippen LogP contribution is 2.17. The molecule has 0 aromatic carbocycles. The summed E-state index contributed by atoms with van der Waals surface area (Å²) < 4.78 is 0. The van der Waals surface area contributed by atoms with Crippen LogP contribution in [-0.2, 0) is 0 Å². The van der Waals surface area contributed by atoms with Crippen molar-refractivity contribution in [1.29, 1.82) is 0 Å². The van der Waals surface area contributed by atoms with E-state index in [1.165, 1.54) is 12.8 Å². The number of aliphatic hydroxyl groups is 1. The Morgan fingerprint density at radius 1 is 1.46 bits per heavy atom. The van der Waals surface area contributed by atoms with E-state index in [-0.39, 0.29) is 6.10 Å². The van der Waals surface area contributed by atoms with Gasteiger partial charge in [0.1, 0.15) is 0 Å². The lowest BCUT2D eigenvalue weighted by atomic mass is 9.96. The number of piperidine rings is 1. The Hall–Kier alpha value is 0.270. The first kappa shape index (κ1) is 11.3. The molecule has 0 bridgehead atoms. The summed E-state index contributed by atoms with van der Waals surface area (Å²) >= 11 is 4.18. The monoisotopic (exact) mass is 203 g/mol. The van der Waals surface area contributed by atoms with Crippen molar-refractivity contribution < 1.29 is 5.11 Å². The van der Waals surface area contributed by atoms with Gasteiger partial charge >= 0.3 is 0 Å². The minimum absolute atomic E-state index is 0.107. The van der Waals surface area contributed by atoms with E-state index in [0.29, 0.717) is 5.92 Å². The summed E-state index contributed by atoms with van der Waals surface area (Å²) in [5, 5.41) is 9.65. The van der Waals surface area contributed by atoms with Gasteiger partial charge in [-0.2, -0.15) is 12.6 Å². The summed E-state index contributed by atoms with van der Waals surface area (Å²) in [5.41, 5.74) is 0. The predicted octanol–water partition coefficient (Wildman–Crippen LogP) is 1.40. The van der Waals surface area contributed by atoms with E-state index < -0.39 is 0 Å². The van der Waals surface area contributed by atoms with E-state index in [9.17, 15) is 5.11 Å². The molecule has 1 fully saturated rings. The number of β-amino-alcohol motifs (C(OH)–C–C–N with tert-alkyl or cyclic N) is 1. The van der Waals surface area contributed by atoms with Crippen molar-refractivity contribution in [2.45, 2.75) is 32.3 Å². The number of likely N-dealkylation sites (tertiary alicyclic amines) is 1. The van der Waals surface area contributed by atoms with E-state index in [4.69, 9.17) is 0 Å². The molecule has 2 nitrogen and oxygen atoms in total. The van der Waals surface area contributed by atoms with Crippen molar-refractivity contribution in [3.05, 3.63) is 0 Å². The summed E-state index contributed by atoms with van der Waals surface area (Å²) in [6.45, 7) is 5.29. The van der Waals surface area contributed by atoms with Crippen LogP contribution in [0.25, 0.3) is 0 Å². The molecule has 78 valence electrons. The van der Waals surface area contributed by atoms with Gasteiger partial charge in [-0.1, -0.05) is 6.92 Å². The fourth-order valence-corrected chi connectivity index (χ4v) is 1.99. The third-order valence-electron chi connectivity index (χ3n) is 2.89. The molecule has 1 N–H and O–H groups in total. The first-order valence-corrected chi connectivity index (χ1v) is 5.88. The van der Waals surface area contributed by atoms with Crippen LogP contribution in [0.3, 0.4) is 0 Å². The molecule has 0 radical (unpaired) electrons. The molecule has 3 heteroatoms. The second kappa shape index (κ2) is 5.89. The molecule has 0 aromatic heterocycles. The molecule has 1 aliphatic rings. The van der Waals surface area contributed by atoms with Crippen molar-refractivity contribution in [3.63, 3.8) is 0 Å². The molecule has 1 rings (SSSR count). The van der Waals surface area contributed by atoms with Crippen LogP contribution in [0.1, 0.15) is 26.2 Å². The van der Waals surface area contributed by atoms with Gasteiger partial charge in [0.05, 0.1) is 6.10 Å². The van der Waals surface area contributed by atoms with Gasteiger partial charge in [-0.25, -0.2) is 0 Å². The third-order valence-corrected chi connectivity index (χ3v) is 3.20. The van der Waals surface area contributed by atoms with Gasteiger partial charge < -0.3 is 10.0 Å². The second-order valence-corrected chi connectivity index (χ2v) is 4.51. The van der Waals surface area contributed by atoms with Gasteiger partial charge in [0, 0.05) is 6.54 Å². The number of rotatable bonds is 4. The maximum Gasteiger partial charge on any atom is 0.0693 e.